The Morgan fingerprint density at radius 1 is 1.11 bits per heavy atom. The van der Waals surface area contributed by atoms with E-state index in [9.17, 15) is 9.18 Å². The van der Waals surface area contributed by atoms with Gasteiger partial charge in [0, 0.05) is 32.3 Å². The molecule has 1 heterocycles. The smallest absolute Gasteiger partial charge is 0.320 e. The molecule has 28 heavy (non-hydrogen) atoms. The lowest BCUT2D eigenvalue weighted by atomic mass is 10.1. The maximum Gasteiger partial charge on any atom is 0.320 e. The first kappa shape index (κ1) is 19.4. The number of benzene rings is 2. The first-order valence-electron chi connectivity index (χ1n) is 8.77. The van der Waals surface area contributed by atoms with Crippen LogP contribution in [-0.2, 0) is 13.1 Å². The molecule has 146 valence electrons. The molecule has 2 amide bonds. The molecule has 0 saturated heterocycles. The summed E-state index contributed by atoms with van der Waals surface area (Å²) in [6.07, 6.45) is 0. The summed E-state index contributed by atoms with van der Waals surface area (Å²) in [4.78, 5) is 15.7. The fraction of sp³-hybridized carbons (Fsp3) is 0.238. The molecule has 0 aliphatic rings. The quantitative estimate of drug-likeness (QED) is 0.641. The Bertz CT molecular complexity index is 938. The number of ether oxygens (including phenoxy) is 1. The van der Waals surface area contributed by atoms with E-state index in [1.54, 1.807) is 44.3 Å². The number of amides is 2. The van der Waals surface area contributed by atoms with E-state index in [1.165, 1.54) is 17.0 Å². The van der Waals surface area contributed by atoms with Crippen LogP contribution >= 0.6 is 0 Å². The predicted octanol–water partition coefficient (Wildman–Crippen LogP) is 4.17. The van der Waals surface area contributed by atoms with Gasteiger partial charge in [0.1, 0.15) is 17.3 Å². The molecule has 2 aromatic carbocycles. The van der Waals surface area contributed by atoms with E-state index in [0.29, 0.717) is 18.0 Å². The van der Waals surface area contributed by atoms with Gasteiger partial charge in [-0.05, 0) is 29.8 Å². The minimum atomic E-state index is -0.311. The van der Waals surface area contributed by atoms with Gasteiger partial charge in [-0.2, -0.15) is 0 Å². The van der Waals surface area contributed by atoms with Gasteiger partial charge >= 0.3 is 6.03 Å². The lowest BCUT2D eigenvalue weighted by molar-refractivity contribution is 0.164. The van der Waals surface area contributed by atoms with Gasteiger partial charge in [0.05, 0.1) is 13.7 Å². The third-order valence-electron chi connectivity index (χ3n) is 4.21. The monoisotopic (exact) mass is 383 g/mol. The van der Waals surface area contributed by atoms with Crippen LogP contribution in [0.5, 0.6) is 5.75 Å². The van der Waals surface area contributed by atoms with Crippen LogP contribution < -0.4 is 4.74 Å². The molecule has 1 aromatic heterocycles. The molecule has 0 bridgehead atoms. The Balaban J connectivity index is 1.79. The summed E-state index contributed by atoms with van der Waals surface area (Å²) in [5.41, 5.74) is 2.28. The average molecular weight is 383 g/mol. The topological polar surface area (TPSA) is 58.8 Å². The van der Waals surface area contributed by atoms with E-state index in [1.807, 2.05) is 24.3 Å². The number of hydrogen-bond donors (Lipinski definition) is 0. The largest absolute Gasteiger partial charge is 0.497 e. The summed E-state index contributed by atoms with van der Waals surface area (Å²) in [6.45, 7) is 0.598. The zero-order valence-electron chi connectivity index (χ0n) is 16.1. The second kappa shape index (κ2) is 8.56. The lowest BCUT2D eigenvalue weighted by Crippen LogP contribution is -2.38. The van der Waals surface area contributed by atoms with Gasteiger partial charge in [-0.1, -0.05) is 29.4 Å². The van der Waals surface area contributed by atoms with Crippen LogP contribution in [0.25, 0.3) is 11.3 Å². The number of rotatable bonds is 6. The number of urea groups is 1. The number of carbonyl (C=O) groups is 1. The van der Waals surface area contributed by atoms with Crippen molar-refractivity contribution in [1.82, 2.24) is 15.0 Å². The van der Waals surface area contributed by atoms with Crippen molar-refractivity contribution < 1.29 is 18.4 Å². The van der Waals surface area contributed by atoms with Crippen molar-refractivity contribution in [2.45, 2.75) is 13.1 Å². The van der Waals surface area contributed by atoms with Crippen LogP contribution in [0.15, 0.2) is 59.1 Å². The molecule has 3 aromatic rings. The van der Waals surface area contributed by atoms with Crippen LogP contribution in [-0.4, -0.2) is 42.2 Å². The second-order valence-corrected chi connectivity index (χ2v) is 6.57. The number of hydrogen-bond acceptors (Lipinski definition) is 4. The molecule has 3 rings (SSSR count). The van der Waals surface area contributed by atoms with Crippen molar-refractivity contribution in [3.63, 3.8) is 0 Å². The first-order chi connectivity index (χ1) is 13.5. The highest BCUT2D eigenvalue weighted by Crippen LogP contribution is 2.25. The average Bonchev–Trinajstić information content (AvgIpc) is 3.17. The third-order valence-corrected chi connectivity index (χ3v) is 4.21. The molecule has 6 nitrogen and oxygen atoms in total. The highest BCUT2D eigenvalue weighted by molar-refractivity contribution is 5.73. The fourth-order valence-electron chi connectivity index (χ4n) is 2.78. The Hall–Kier alpha value is -3.35. The molecule has 0 aliphatic heterocycles. The van der Waals surface area contributed by atoms with Gasteiger partial charge in [0.2, 0.25) is 0 Å². The minimum absolute atomic E-state index is 0.171. The second-order valence-electron chi connectivity index (χ2n) is 6.57. The highest BCUT2D eigenvalue weighted by atomic mass is 19.1. The first-order valence-corrected chi connectivity index (χ1v) is 8.77. The SMILES string of the molecule is COc1cccc(-c2cc(CN(Cc3ccc(F)cc3)C(=O)N(C)C)no2)c1. The van der Waals surface area contributed by atoms with Gasteiger partial charge in [-0.3, -0.25) is 0 Å². The molecule has 0 atom stereocenters. The van der Waals surface area contributed by atoms with Crippen LogP contribution in [0.4, 0.5) is 9.18 Å². The summed E-state index contributed by atoms with van der Waals surface area (Å²) in [5.74, 6) is 0.998. The molecule has 0 spiro atoms. The van der Waals surface area contributed by atoms with Crippen LogP contribution in [0.1, 0.15) is 11.3 Å². The number of nitrogens with zero attached hydrogens (tertiary/aromatic N) is 3. The highest BCUT2D eigenvalue weighted by Gasteiger charge is 2.19. The summed E-state index contributed by atoms with van der Waals surface area (Å²) in [5, 5.41) is 4.10. The fourth-order valence-corrected chi connectivity index (χ4v) is 2.78. The van der Waals surface area contributed by atoms with Gasteiger partial charge in [-0.25, -0.2) is 9.18 Å². The Labute approximate surface area is 163 Å². The van der Waals surface area contributed by atoms with E-state index in [-0.39, 0.29) is 18.4 Å². The maximum atomic E-state index is 13.2. The molecule has 0 aliphatic carbocycles. The molecule has 0 fully saturated rings. The summed E-state index contributed by atoms with van der Waals surface area (Å²) in [7, 11) is 4.97. The predicted molar refractivity (Wildman–Crippen MR) is 103 cm³/mol. The normalized spacial score (nSPS) is 10.6. The van der Waals surface area contributed by atoms with Gasteiger partial charge in [-0.15, -0.1) is 0 Å². The van der Waals surface area contributed by atoms with Crippen molar-refractivity contribution in [1.29, 1.82) is 0 Å². The molecule has 0 saturated carbocycles. The van der Waals surface area contributed by atoms with Gasteiger partial charge in [0.15, 0.2) is 5.76 Å². The van der Waals surface area contributed by atoms with Crippen molar-refractivity contribution >= 4 is 6.03 Å². The van der Waals surface area contributed by atoms with E-state index >= 15 is 0 Å². The number of halogens is 1. The molecule has 0 unspecified atom stereocenters. The van der Waals surface area contributed by atoms with Crippen LogP contribution in [0.3, 0.4) is 0 Å². The zero-order valence-corrected chi connectivity index (χ0v) is 16.1. The Morgan fingerprint density at radius 2 is 1.86 bits per heavy atom. The Kier molecular flexibility index (Phi) is 5.93. The summed E-state index contributed by atoms with van der Waals surface area (Å²) < 4.78 is 23.8. The molecular formula is C21H22FN3O3. The summed E-state index contributed by atoms with van der Waals surface area (Å²) in [6, 6.07) is 15.2. The van der Waals surface area contributed by atoms with E-state index in [0.717, 1.165) is 16.9 Å². The molecule has 0 radical (unpaired) electrons. The molecular weight excluding hydrogens is 361 g/mol. The number of aromatic nitrogens is 1. The minimum Gasteiger partial charge on any atom is -0.497 e. The molecule has 7 heteroatoms. The standard InChI is InChI=1S/C21H22FN3O3/c1-24(2)21(26)25(13-15-7-9-17(22)10-8-15)14-18-12-20(28-23-18)16-5-4-6-19(11-16)27-3/h4-12H,13-14H2,1-3H3. The molecule has 0 N–H and O–H groups in total. The summed E-state index contributed by atoms with van der Waals surface area (Å²) >= 11 is 0. The van der Waals surface area contributed by atoms with Crippen LogP contribution in [0, 0.1) is 5.82 Å². The van der Waals surface area contributed by atoms with Gasteiger partial charge in [0.25, 0.3) is 0 Å². The van der Waals surface area contributed by atoms with E-state index in [4.69, 9.17) is 9.26 Å². The maximum absolute atomic E-state index is 13.2. The Morgan fingerprint density at radius 3 is 2.54 bits per heavy atom. The van der Waals surface area contributed by atoms with E-state index in [2.05, 4.69) is 5.16 Å². The third kappa shape index (κ3) is 4.68. The van der Waals surface area contributed by atoms with Crippen molar-refractivity contribution in [3.8, 4) is 17.1 Å². The van der Waals surface area contributed by atoms with Crippen molar-refractivity contribution in [3.05, 3.63) is 71.7 Å². The van der Waals surface area contributed by atoms with E-state index < -0.39 is 0 Å². The number of methoxy groups -OCH3 is 1. The van der Waals surface area contributed by atoms with Crippen LogP contribution in [0.2, 0.25) is 0 Å². The van der Waals surface area contributed by atoms with Crippen molar-refractivity contribution in [2.75, 3.05) is 21.2 Å². The lowest BCUT2D eigenvalue weighted by Gasteiger charge is -2.25. The zero-order chi connectivity index (χ0) is 20.1. The van der Waals surface area contributed by atoms with Gasteiger partial charge < -0.3 is 19.1 Å². The number of carbonyl (C=O) groups excluding carboxylic acids is 1. The van der Waals surface area contributed by atoms with Crippen molar-refractivity contribution in [2.24, 2.45) is 0 Å².